The molecule has 5 nitrogen and oxygen atoms in total. The first kappa shape index (κ1) is 20.7. The van der Waals surface area contributed by atoms with Crippen LogP contribution in [0.25, 0.3) is 16.3 Å². The quantitative estimate of drug-likeness (QED) is 0.580. The van der Waals surface area contributed by atoms with Gasteiger partial charge in [0, 0.05) is 29.9 Å². The molecule has 1 fully saturated rings. The van der Waals surface area contributed by atoms with Gasteiger partial charge in [0.25, 0.3) is 5.91 Å². The molecular weight excluding hydrogens is 400 g/mol. The molecule has 0 saturated carbocycles. The number of rotatable bonds is 4. The van der Waals surface area contributed by atoms with Crippen LogP contribution in [-0.4, -0.2) is 36.1 Å². The van der Waals surface area contributed by atoms with Crippen LogP contribution in [0, 0.1) is 0 Å². The van der Waals surface area contributed by atoms with E-state index in [1.165, 1.54) is 5.57 Å². The van der Waals surface area contributed by atoms with Crippen molar-refractivity contribution >= 4 is 27.9 Å². The number of piperidine rings is 1. The molecule has 3 aromatic carbocycles. The van der Waals surface area contributed by atoms with E-state index in [2.05, 4.69) is 16.3 Å². The molecule has 32 heavy (non-hydrogen) atoms. The molecule has 1 atom stereocenters. The molecular formula is C27H28N2O3. The number of ether oxygens (including phenoxy) is 1. The highest BCUT2D eigenvalue weighted by molar-refractivity contribution is 6.32. The predicted molar refractivity (Wildman–Crippen MR) is 127 cm³/mol. The monoisotopic (exact) mass is 428 g/mol. The number of nitrogens with zero attached hydrogens (tertiary/aromatic N) is 1. The maximum absolute atomic E-state index is 12.6. The highest BCUT2D eigenvalue weighted by Gasteiger charge is 2.37. The van der Waals surface area contributed by atoms with E-state index in [4.69, 9.17) is 4.74 Å². The normalized spacial score (nSPS) is 18.4. The molecule has 5 rings (SSSR count). The average molecular weight is 429 g/mol. The first-order chi connectivity index (χ1) is 15.5. The van der Waals surface area contributed by atoms with E-state index < -0.39 is 5.72 Å². The number of carbonyl (C=O) groups is 1. The Bertz CT molecular complexity index is 1220. The molecule has 2 aliphatic rings. The van der Waals surface area contributed by atoms with Crippen molar-refractivity contribution in [2.24, 2.45) is 0 Å². The minimum atomic E-state index is -1.04. The Morgan fingerprint density at radius 1 is 1.03 bits per heavy atom. The Labute approximate surface area is 188 Å². The topological polar surface area (TPSA) is 61.8 Å². The van der Waals surface area contributed by atoms with Gasteiger partial charge in [0.15, 0.2) is 0 Å². The van der Waals surface area contributed by atoms with Crippen LogP contribution in [0.1, 0.15) is 37.3 Å². The number of fused-ring (bicyclic) bond motifs is 2. The zero-order valence-corrected chi connectivity index (χ0v) is 18.5. The number of para-hydroxylation sites is 1. The summed E-state index contributed by atoms with van der Waals surface area (Å²) in [6.45, 7) is 3.44. The number of nitrogens with one attached hydrogen (secondary N) is 1. The molecule has 3 aromatic rings. The summed E-state index contributed by atoms with van der Waals surface area (Å²) < 4.78 is 5.33. The van der Waals surface area contributed by atoms with Crippen LogP contribution >= 0.6 is 0 Å². The van der Waals surface area contributed by atoms with Gasteiger partial charge in [0.2, 0.25) is 0 Å². The second-order valence-electron chi connectivity index (χ2n) is 8.56. The van der Waals surface area contributed by atoms with Crippen molar-refractivity contribution in [3.05, 3.63) is 77.4 Å². The first-order valence-corrected chi connectivity index (χ1v) is 11.2. The summed E-state index contributed by atoms with van der Waals surface area (Å²) in [6.07, 6.45) is 2.12. The third kappa shape index (κ3) is 3.38. The third-order valence-electron chi connectivity index (χ3n) is 6.92. The SMILES string of the molecule is CCC(O)(c1ccc2cc(OC)ccc2c1)N1CCC(=C2C(=O)Nc3ccccc32)CC1. The summed E-state index contributed by atoms with van der Waals surface area (Å²) in [5.74, 6) is 0.815. The van der Waals surface area contributed by atoms with Crippen LogP contribution in [0.2, 0.25) is 0 Å². The molecule has 5 heteroatoms. The van der Waals surface area contributed by atoms with E-state index in [1.807, 2.05) is 61.5 Å². The molecule has 2 aliphatic heterocycles. The van der Waals surface area contributed by atoms with E-state index in [0.29, 0.717) is 19.5 Å². The Balaban J connectivity index is 1.42. The summed E-state index contributed by atoms with van der Waals surface area (Å²) in [6, 6.07) is 20.0. The second kappa shape index (κ2) is 8.08. The van der Waals surface area contributed by atoms with Crippen molar-refractivity contribution in [3.63, 3.8) is 0 Å². The van der Waals surface area contributed by atoms with Gasteiger partial charge in [-0.2, -0.15) is 0 Å². The Hall–Kier alpha value is -3.15. The van der Waals surface area contributed by atoms with Gasteiger partial charge in [-0.1, -0.05) is 48.9 Å². The number of aliphatic hydroxyl groups is 1. The zero-order chi connectivity index (χ0) is 22.3. The Morgan fingerprint density at radius 2 is 1.75 bits per heavy atom. The van der Waals surface area contributed by atoms with Gasteiger partial charge in [0.1, 0.15) is 11.5 Å². The van der Waals surface area contributed by atoms with Crippen molar-refractivity contribution in [3.8, 4) is 5.75 Å². The van der Waals surface area contributed by atoms with E-state index >= 15 is 0 Å². The molecule has 0 radical (unpaired) electrons. The summed E-state index contributed by atoms with van der Waals surface area (Å²) >= 11 is 0. The van der Waals surface area contributed by atoms with Crippen LogP contribution < -0.4 is 10.1 Å². The van der Waals surface area contributed by atoms with Gasteiger partial charge < -0.3 is 15.2 Å². The lowest BCUT2D eigenvalue weighted by Gasteiger charge is -2.42. The summed E-state index contributed by atoms with van der Waals surface area (Å²) in [4.78, 5) is 14.8. The molecule has 0 aliphatic carbocycles. The van der Waals surface area contributed by atoms with Gasteiger partial charge in [-0.05, 0) is 59.9 Å². The molecule has 2 heterocycles. The number of likely N-dealkylation sites (tertiary alicyclic amines) is 1. The largest absolute Gasteiger partial charge is 0.497 e. The number of benzene rings is 3. The lowest BCUT2D eigenvalue weighted by Crippen LogP contribution is -2.48. The van der Waals surface area contributed by atoms with Crippen LogP contribution in [0.15, 0.2) is 66.2 Å². The van der Waals surface area contributed by atoms with Crippen molar-refractivity contribution in [2.45, 2.75) is 31.9 Å². The van der Waals surface area contributed by atoms with Crippen molar-refractivity contribution < 1.29 is 14.6 Å². The van der Waals surface area contributed by atoms with Crippen LogP contribution in [-0.2, 0) is 10.5 Å². The maximum Gasteiger partial charge on any atom is 0.256 e. The minimum absolute atomic E-state index is 0.00893. The Kier molecular flexibility index (Phi) is 5.24. The number of hydrogen-bond donors (Lipinski definition) is 2. The van der Waals surface area contributed by atoms with E-state index in [9.17, 15) is 9.90 Å². The first-order valence-electron chi connectivity index (χ1n) is 11.2. The molecule has 1 amide bonds. The Morgan fingerprint density at radius 3 is 2.50 bits per heavy atom. The molecule has 164 valence electrons. The average Bonchev–Trinajstić information content (AvgIpc) is 3.18. The summed E-state index contributed by atoms with van der Waals surface area (Å²) in [5, 5.41) is 16.9. The van der Waals surface area contributed by atoms with Crippen molar-refractivity contribution in [1.82, 2.24) is 4.90 Å². The van der Waals surface area contributed by atoms with Crippen LogP contribution in [0.4, 0.5) is 5.69 Å². The highest BCUT2D eigenvalue weighted by Crippen LogP contribution is 2.39. The number of anilines is 1. The van der Waals surface area contributed by atoms with Gasteiger partial charge in [0.05, 0.1) is 7.11 Å². The smallest absolute Gasteiger partial charge is 0.256 e. The van der Waals surface area contributed by atoms with Crippen molar-refractivity contribution in [2.75, 3.05) is 25.5 Å². The van der Waals surface area contributed by atoms with E-state index in [-0.39, 0.29) is 5.91 Å². The number of hydrogen-bond acceptors (Lipinski definition) is 4. The molecule has 0 aromatic heterocycles. The van der Waals surface area contributed by atoms with Gasteiger partial charge in [-0.25, -0.2) is 0 Å². The summed E-state index contributed by atoms with van der Waals surface area (Å²) in [5.41, 5.74) is 3.74. The van der Waals surface area contributed by atoms with Crippen molar-refractivity contribution in [1.29, 1.82) is 0 Å². The standard InChI is InChI=1S/C27H28N2O3/c1-3-27(31,21-10-8-20-17-22(32-2)11-9-19(20)16-21)29-14-12-18(13-15-29)25-23-6-4-5-7-24(23)28-26(25)30/h4-11,16-17,31H,3,12-15H2,1-2H3,(H,28,30). The lowest BCUT2D eigenvalue weighted by atomic mass is 9.90. The number of carbonyl (C=O) groups excluding carboxylic acids is 1. The highest BCUT2D eigenvalue weighted by atomic mass is 16.5. The molecule has 1 unspecified atom stereocenters. The zero-order valence-electron chi connectivity index (χ0n) is 18.5. The fourth-order valence-electron chi connectivity index (χ4n) is 5.07. The maximum atomic E-state index is 12.6. The fraction of sp³-hybridized carbons (Fsp3) is 0.296. The van der Waals surface area contributed by atoms with Gasteiger partial charge in [-0.15, -0.1) is 0 Å². The van der Waals surface area contributed by atoms with Gasteiger partial charge >= 0.3 is 0 Å². The minimum Gasteiger partial charge on any atom is -0.497 e. The fourth-order valence-corrected chi connectivity index (χ4v) is 5.07. The second-order valence-corrected chi connectivity index (χ2v) is 8.56. The van der Waals surface area contributed by atoms with E-state index in [0.717, 1.165) is 51.8 Å². The predicted octanol–water partition coefficient (Wildman–Crippen LogP) is 4.91. The lowest BCUT2D eigenvalue weighted by molar-refractivity contribution is -0.122. The number of methoxy groups -OCH3 is 1. The third-order valence-corrected chi connectivity index (χ3v) is 6.92. The van der Waals surface area contributed by atoms with Gasteiger partial charge in [-0.3, -0.25) is 9.69 Å². The molecule has 0 bridgehead atoms. The van der Waals surface area contributed by atoms with Crippen LogP contribution in [0.3, 0.4) is 0 Å². The molecule has 0 spiro atoms. The molecule has 1 saturated heterocycles. The van der Waals surface area contributed by atoms with E-state index in [1.54, 1.807) is 7.11 Å². The molecule has 2 N–H and O–H groups in total. The van der Waals surface area contributed by atoms with Crippen LogP contribution in [0.5, 0.6) is 5.75 Å². The summed E-state index contributed by atoms with van der Waals surface area (Å²) in [7, 11) is 1.67. The number of amides is 1.